The number of likely N-dealkylation sites (tertiary alicyclic amines) is 2. The molecule has 1 unspecified atom stereocenters. The molecule has 1 aromatic heterocycles. The number of aromatic nitrogens is 1. The highest BCUT2D eigenvalue weighted by Crippen LogP contribution is 2.35. The standard InChI is InChI=1S/C33H34N4O4/c1-33(2,3)29(35-30(38)28-17-21-10-7-8-15-27(21)34-28)32(40)37-20-23-18-24(37)19-36(23)31(39)22-11-9-14-26(16-22)41-25-12-5-4-6-13-25/h4-17,23-24,29,34H,18-20H2,1-3H3,(H,35,38)/t23-,24-,29?/m0/s1. The number of carbonyl (C=O) groups excluding carboxylic acids is 3. The summed E-state index contributed by atoms with van der Waals surface area (Å²) in [5.74, 6) is 0.814. The fourth-order valence-corrected chi connectivity index (χ4v) is 5.89. The van der Waals surface area contributed by atoms with Crippen molar-refractivity contribution < 1.29 is 19.1 Å². The number of ether oxygens (including phenoxy) is 1. The number of rotatable bonds is 6. The molecule has 3 atom stereocenters. The Morgan fingerprint density at radius 3 is 2.24 bits per heavy atom. The molecule has 6 rings (SSSR count). The molecule has 2 N–H and O–H groups in total. The van der Waals surface area contributed by atoms with Crippen molar-refractivity contribution in [2.45, 2.75) is 45.3 Å². The molecule has 8 nitrogen and oxygen atoms in total. The molecule has 41 heavy (non-hydrogen) atoms. The summed E-state index contributed by atoms with van der Waals surface area (Å²) in [5, 5.41) is 3.94. The van der Waals surface area contributed by atoms with Crippen molar-refractivity contribution >= 4 is 28.6 Å². The molecule has 8 heteroatoms. The van der Waals surface area contributed by atoms with Crippen LogP contribution in [0.2, 0.25) is 0 Å². The van der Waals surface area contributed by atoms with E-state index in [9.17, 15) is 14.4 Å². The second-order valence-corrected chi connectivity index (χ2v) is 12.0. The molecular weight excluding hydrogens is 516 g/mol. The van der Waals surface area contributed by atoms with Crippen molar-refractivity contribution in [3.8, 4) is 11.5 Å². The van der Waals surface area contributed by atoms with E-state index in [2.05, 4.69) is 10.3 Å². The Balaban J connectivity index is 1.13. The van der Waals surface area contributed by atoms with Gasteiger partial charge in [-0.1, -0.05) is 63.2 Å². The minimum atomic E-state index is -0.711. The van der Waals surface area contributed by atoms with Gasteiger partial charge in [0, 0.05) is 29.6 Å². The number of hydrogen-bond acceptors (Lipinski definition) is 4. The van der Waals surface area contributed by atoms with Gasteiger partial charge in [0.2, 0.25) is 5.91 Å². The third-order valence-electron chi connectivity index (χ3n) is 8.01. The lowest BCUT2D eigenvalue weighted by Crippen LogP contribution is -2.59. The number of benzene rings is 3. The highest BCUT2D eigenvalue weighted by atomic mass is 16.5. The molecule has 0 aliphatic carbocycles. The summed E-state index contributed by atoms with van der Waals surface area (Å²) in [7, 11) is 0. The minimum Gasteiger partial charge on any atom is -0.457 e. The molecule has 3 aromatic carbocycles. The number of para-hydroxylation sites is 2. The minimum absolute atomic E-state index is 0.0670. The number of carbonyl (C=O) groups is 3. The predicted molar refractivity (Wildman–Crippen MR) is 157 cm³/mol. The van der Waals surface area contributed by atoms with Gasteiger partial charge >= 0.3 is 0 Å². The normalized spacial score (nSPS) is 18.9. The molecule has 2 bridgehead atoms. The van der Waals surface area contributed by atoms with Gasteiger partial charge in [-0.3, -0.25) is 14.4 Å². The zero-order valence-corrected chi connectivity index (χ0v) is 23.5. The first-order valence-corrected chi connectivity index (χ1v) is 14.0. The maximum absolute atomic E-state index is 13.9. The van der Waals surface area contributed by atoms with Gasteiger partial charge in [0.25, 0.3) is 11.8 Å². The summed E-state index contributed by atoms with van der Waals surface area (Å²) >= 11 is 0. The number of piperazine rings is 1. The van der Waals surface area contributed by atoms with Crippen LogP contribution in [0.25, 0.3) is 10.9 Å². The van der Waals surface area contributed by atoms with Crippen molar-refractivity contribution in [2.75, 3.05) is 13.1 Å². The lowest BCUT2D eigenvalue weighted by molar-refractivity contribution is -0.138. The van der Waals surface area contributed by atoms with Crippen LogP contribution in [0.15, 0.2) is 84.9 Å². The van der Waals surface area contributed by atoms with Crippen LogP contribution in [0.4, 0.5) is 0 Å². The fourth-order valence-electron chi connectivity index (χ4n) is 5.89. The van der Waals surface area contributed by atoms with Crippen LogP contribution in [0, 0.1) is 5.41 Å². The number of hydrogen-bond donors (Lipinski definition) is 2. The smallest absolute Gasteiger partial charge is 0.268 e. The van der Waals surface area contributed by atoms with E-state index in [1.807, 2.05) is 97.3 Å². The molecule has 2 aliphatic heterocycles. The number of amides is 3. The first-order chi connectivity index (χ1) is 19.7. The van der Waals surface area contributed by atoms with E-state index < -0.39 is 11.5 Å². The van der Waals surface area contributed by atoms with Crippen LogP contribution in [-0.4, -0.2) is 63.7 Å². The lowest BCUT2D eigenvalue weighted by atomic mass is 9.85. The third-order valence-corrected chi connectivity index (χ3v) is 8.01. The lowest BCUT2D eigenvalue weighted by Gasteiger charge is -2.39. The summed E-state index contributed by atoms with van der Waals surface area (Å²) < 4.78 is 5.92. The Morgan fingerprint density at radius 1 is 0.854 bits per heavy atom. The highest BCUT2D eigenvalue weighted by molar-refractivity contribution is 6.00. The Bertz CT molecular complexity index is 1570. The van der Waals surface area contributed by atoms with Crippen molar-refractivity contribution in [1.82, 2.24) is 20.1 Å². The van der Waals surface area contributed by atoms with Gasteiger partial charge in [0.1, 0.15) is 23.2 Å². The zero-order chi connectivity index (χ0) is 28.7. The van der Waals surface area contributed by atoms with Crippen LogP contribution in [-0.2, 0) is 4.79 Å². The van der Waals surface area contributed by atoms with E-state index in [4.69, 9.17) is 4.74 Å². The van der Waals surface area contributed by atoms with Gasteiger partial charge in [-0.05, 0) is 54.3 Å². The van der Waals surface area contributed by atoms with Gasteiger partial charge < -0.3 is 24.8 Å². The van der Waals surface area contributed by atoms with Crippen molar-refractivity contribution in [2.24, 2.45) is 5.41 Å². The second kappa shape index (κ2) is 10.4. The number of nitrogens with zero attached hydrogens (tertiary/aromatic N) is 2. The Kier molecular flexibility index (Phi) is 6.77. The largest absolute Gasteiger partial charge is 0.457 e. The van der Waals surface area contributed by atoms with E-state index in [1.165, 1.54) is 0 Å². The quantitative estimate of drug-likeness (QED) is 0.344. The second-order valence-electron chi connectivity index (χ2n) is 12.0. The maximum Gasteiger partial charge on any atom is 0.268 e. The Morgan fingerprint density at radius 2 is 1.54 bits per heavy atom. The molecule has 2 fully saturated rings. The van der Waals surface area contributed by atoms with Crippen LogP contribution >= 0.6 is 0 Å². The van der Waals surface area contributed by atoms with Crippen molar-refractivity contribution in [3.05, 3.63) is 96.2 Å². The maximum atomic E-state index is 13.9. The fraction of sp³-hybridized carbons (Fsp3) is 0.303. The number of aromatic amines is 1. The number of fused-ring (bicyclic) bond motifs is 3. The first kappa shape index (κ1) is 26.6. The SMILES string of the molecule is CC(C)(C)C(NC(=O)c1cc2ccccc2[nH]1)C(=O)N1C[C@@H]2C[C@H]1CN2C(=O)c1cccc(Oc2ccccc2)c1. The molecule has 0 saturated carbocycles. The molecule has 210 valence electrons. The average molecular weight is 551 g/mol. The molecule has 0 radical (unpaired) electrons. The van der Waals surface area contributed by atoms with E-state index >= 15 is 0 Å². The summed E-state index contributed by atoms with van der Waals surface area (Å²) in [4.78, 5) is 47.4. The topological polar surface area (TPSA) is 94.7 Å². The van der Waals surface area contributed by atoms with Gasteiger partial charge in [-0.25, -0.2) is 0 Å². The van der Waals surface area contributed by atoms with E-state index in [0.717, 1.165) is 17.3 Å². The van der Waals surface area contributed by atoms with E-state index in [1.54, 1.807) is 18.2 Å². The van der Waals surface area contributed by atoms with Crippen LogP contribution in [0.3, 0.4) is 0 Å². The Labute approximate surface area is 239 Å². The molecule has 3 amide bonds. The van der Waals surface area contributed by atoms with Gasteiger partial charge in [0.05, 0.1) is 12.1 Å². The number of H-pyrrole nitrogens is 1. The van der Waals surface area contributed by atoms with Gasteiger partial charge in [-0.15, -0.1) is 0 Å². The van der Waals surface area contributed by atoms with Gasteiger partial charge in [-0.2, -0.15) is 0 Å². The Hall–Kier alpha value is -4.59. The molecule has 2 saturated heterocycles. The van der Waals surface area contributed by atoms with E-state index in [-0.39, 0.29) is 29.8 Å². The summed E-state index contributed by atoms with van der Waals surface area (Å²) in [5.41, 5.74) is 1.35. The zero-order valence-electron chi connectivity index (χ0n) is 23.5. The molecule has 2 aliphatic rings. The molecule has 0 spiro atoms. The van der Waals surface area contributed by atoms with Crippen LogP contribution in [0.5, 0.6) is 11.5 Å². The summed E-state index contributed by atoms with van der Waals surface area (Å²) in [6.07, 6.45) is 0.727. The van der Waals surface area contributed by atoms with Crippen LogP contribution < -0.4 is 10.1 Å². The summed E-state index contributed by atoms with van der Waals surface area (Å²) in [6.45, 7) is 6.78. The average Bonchev–Trinajstić information content (AvgIpc) is 3.70. The first-order valence-electron chi connectivity index (χ1n) is 14.0. The highest BCUT2D eigenvalue weighted by Gasteiger charge is 2.49. The molecular formula is C33H34N4O4. The predicted octanol–water partition coefficient (Wildman–Crippen LogP) is 5.23. The molecule has 3 heterocycles. The van der Waals surface area contributed by atoms with E-state index in [0.29, 0.717) is 35.8 Å². The van der Waals surface area contributed by atoms with Crippen molar-refractivity contribution in [1.29, 1.82) is 0 Å². The monoisotopic (exact) mass is 550 g/mol. The van der Waals surface area contributed by atoms with Gasteiger partial charge in [0.15, 0.2) is 0 Å². The van der Waals surface area contributed by atoms with Crippen LogP contribution in [0.1, 0.15) is 48.0 Å². The van der Waals surface area contributed by atoms with Crippen molar-refractivity contribution in [3.63, 3.8) is 0 Å². The third kappa shape index (κ3) is 5.29. The number of nitrogens with one attached hydrogen (secondary N) is 2. The molecule has 4 aromatic rings. The summed E-state index contributed by atoms with van der Waals surface area (Å²) in [6, 6.07) is 25.3.